The number of rotatable bonds is 4. The average molecular weight is 249 g/mol. The Morgan fingerprint density at radius 2 is 2.18 bits per heavy atom. The molecule has 3 heteroatoms. The second kappa shape index (κ2) is 5.43. The molecule has 0 bridgehead atoms. The summed E-state index contributed by atoms with van der Waals surface area (Å²) in [6.45, 7) is 2.12. The van der Waals surface area contributed by atoms with Crippen LogP contribution in [-0.4, -0.2) is 7.05 Å². The second-order valence-electron chi connectivity index (χ2n) is 4.11. The maximum absolute atomic E-state index is 13.1. The molecule has 0 radical (unpaired) electrons. The number of benzene rings is 1. The van der Waals surface area contributed by atoms with E-state index in [2.05, 4.69) is 23.7 Å². The summed E-state index contributed by atoms with van der Waals surface area (Å²) in [5.74, 6) is -0.167. The molecular weight excluding hydrogens is 233 g/mol. The van der Waals surface area contributed by atoms with Gasteiger partial charge in [-0.25, -0.2) is 4.39 Å². The van der Waals surface area contributed by atoms with Gasteiger partial charge in [-0.1, -0.05) is 12.1 Å². The highest BCUT2D eigenvalue weighted by Gasteiger charge is 2.13. The van der Waals surface area contributed by atoms with E-state index < -0.39 is 0 Å². The van der Waals surface area contributed by atoms with E-state index in [1.807, 2.05) is 13.1 Å². The van der Waals surface area contributed by atoms with E-state index in [0.29, 0.717) is 0 Å². The monoisotopic (exact) mass is 249 g/mol. The van der Waals surface area contributed by atoms with Crippen LogP contribution in [0.5, 0.6) is 0 Å². The third-order valence-corrected chi connectivity index (χ3v) is 3.81. The summed E-state index contributed by atoms with van der Waals surface area (Å²) in [5.41, 5.74) is 2.33. The molecule has 1 heterocycles. The summed E-state index contributed by atoms with van der Waals surface area (Å²) in [6.07, 6.45) is 0.811. The molecule has 1 nitrogen and oxygen atoms in total. The number of aryl methyl sites for hydroxylation is 1. The van der Waals surface area contributed by atoms with Crippen molar-refractivity contribution in [3.05, 3.63) is 57.5 Å². The van der Waals surface area contributed by atoms with Crippen LogP contribution in [-0.2, 0) is 6.42 Å². The molecule has 1 unspecified atom stereocenters. The highest BCUT2D eigenvalue weighted by Crippen LogP contribution is 2.25. The Morgan fingerprint density at radius 1 is 1.35 bits per heavy atom. The molecular formula is C14H16FNS. The lowest BCUT2D eigenvalue weighted by atomic mass is 10.00. The van der Waals surface area contributed by atoms with E-state index in [1.165, 1.54) is 16.5 Å². The molecule has 90 valence electrons. The van der Waals surface area contributed by atoms with Crippen molar-refractivity contribution in [2.24, 2.45) is 0 Å². The van der Waals surface area contributed by atoms with E-state index in [1.54, 1.807) is 23.5 Å². The lowest BCUT2D eigenvalue weighted by Gasteiger charge is -2.16. The number of nitrogens with one attached hydrogen (secondary N) is 1. The van der Waals surface area contributed by atoms with Crippen LogP contribution < -0.4 is 5.32 Å². The topological polar surface area (TPSA) is 12.0 Å². The lowest BCUT2D eigenvalue weighted by Crippen LogP contribution is -2.19. The van der Waals surface area contributed by atoms with Crippen molar-refractivity contribution in [1.82, 2.24) is 5.32 Å². The number of hydrogen-bond donors (Lipinski definition) is 1. The highest BCUT2D eigenvalue weighted by molar-refractivity contribution is 7.10. The van der Waals surface area contributed by atoms with Gasteiger partial charge in [0.1, 0.15) is 5.82 Å². The normalized spacial score (nSPS) is 12.6. The molecule has 1 aromatic heterocycles. The fourth-order valence-electron chi connectivity index (χ4n) is 2.02. The zero-order valence-electron chi connectivity index (χ0n) is 10.0. The first kappa shape index (κ1) is 12.3. The van der Waals surface area contributed by atoms with Gasteiger partial charge in [-0.05, 0) is 55.1 Å². The van der Waals surface area contributed by atoms with Gasteiger partial charge < -0.3 is 5.32 Å². The van der Waals surface area contributed by atoms with E-state index in [4.69, 9.17) is 0 Å². The van der Waals surface area contributed by atoms with Crippen LogP contribution in [0.1, 0.15) is 22.0 Å². The average Bonchev–Trinajstić information content (AvgIpc) is 2.72. The van der Waals surface area contributed by atoms with Crippen LogP contribution in [0.3, 0.4) is 0 Å². The molecule has 2 rings (SSSR count). The molecule has 0 saturated carbocycles. The van der Waals surface area contributed by atoms with Gasteiger partial charge in [0.25, 0.3) is 0 Å². The van der Waals surface area contributed by atoms with Crippen molar-refractivity contribution < 1.29 is 4.39 Å². The maximum Gasteiger partial charge on any atom is 0.123 e. The van der Waals surface area contributed by atoms with Gasteiger partial charge in [-0.15, -0.1) is 11.3 Å². The fraction of sp³-hybridized carbons (Fsp3) is 0.286. The highest BCUT2D eigenvalue weighted by atomic mass is 32.1. The lowest BCUT2D eigenvalue weighted by molar-refractivity contribution is 0.583. The molecule has 0 amide bonds. The van der Waals surface area contributed by atoms with E-state index in [0.717, 1.165) is 12.0 Å². The van der Waals surface area contributed by atoms with Gasteiger partial charge in [0, 0.05) is 10.9 Å². The van der Waals surface area contributed by atoms with Gasteiger partial charge in [0.2, 0.25) is 0 Å². The smallest absolute Gasteiger partial charge is 0.123 e. The van der Waals surface area contributed by atoms with Crippen molar-refractivity contribution in [2.75, 3.05) is 7.05 Å². The van der Waals surface area contributed by atoms with Crippen molar-refractivity contribution >= 4 is 11.3 Å². The summed E-state index contributed by atoms with van der Waals surface area (Å²) in [6, 6.07) is 9.20. The Labute approximate surface area is 105 Å². The molecule has 1 atom stereocenters. The second-order valence-corrected chi connectivity index (χ2v) is 5.23. The molecule has 0 saturated heterocycles. The first-order valence-electron chi connectivity index (χ1n) is 5.66. The first-order valence-corrected chi connectivity index (χ1v) is 6.54. The third-order valence-electron chi connectivity index (χ3n) is 2.95. The molecule has 0 aliphatic heterocycles. The first-order chi connectivity index (χ1) is 8.20. The van der Waals surface area contributed by atoms with Crippen LogP contribution in [0.25, 0.3) is 0 Å². The molecule has 1 N–H and O–H groups in total. The van der Waals surface area contributed by atoms with Crippen molar-refractivity contribution in [2.45, 2.75) is 19.4 Å². The van der Waals surface area contributed by atoms with Gasteiger partial charge in [0.15, 0.2) is 0 Å². The molecule has 0 aliphatic rings. The van der Waals surface area contributed by atoms with E-state index in [-0.39, 0.29) is 11.9 Å². The van der Waals surface area contributed by atoms with Crippen molar-refractivity contribution in [1.29, 1.82) is 0 Å². The van der Waals surface area contributed by atoms with Gasteiger partial charge in [-0.3, -0.25) is 0 Å². The minimum atomic E-state index is -0.167. The molecule has 17 heavy (non-hydrogen) atoms. The summed E-state index contributed by atoms with van der Waals surface area (Å²) in [5, 5.41) is 5.40. The fourth-order valence-corrected chi connectivity index (χ4v) is 2.79. The quantitative estimate of drug-likeness (QED) is 0.871. The van der Waals surface area contributed by atoms with E-state index in [9.17, 15) is 4.39 Å². The number of hydrogen-bond acceptors (Lipinski definition) is 2. The van der Waals surface area contributed by atoms with Crippen LogP contribution in [0.2, 0.25) is 0 Å². The van der Waals surface area contributed by atoms with Crippen LogP contribution in [0, 0.1) is 12.7 Å². The Bertz CT molecular complexity index is 492. The Kier molecular flexibility index (Phi) is 3.92. The van der Waals surface area contributed by atoms with Crippen molar-refractivity contribution in [3.8, 4) is 0 Å². The standard InChI is InChI=1S/C14H16FNS/c1-10-13(6-7-17-10)14(16-2)9-11-4-3-5-12(15)8-11/h3-8,14,16H,9H2,1-2H3. The van der Waals surface area contributed by atoms with Crippen molar-refractivity contribution in [3.63, 3.8) is 0 Å². The zero-order valence-corrected chi connectivity index (χ0v) is 10.9. The third kappa shape index (κ3) is 2.93. The predicted molar refractivity (Wildman–Crippen MR) is 71.0 cm³/mol. The van der Waals surface area contributed by atoms with Gasteiger partial charge >= 0.3 is 0 Å². The SMILES string of the molecule is CNC(Cc1cccc(F)c1)c1ccsc1C. The Hall–Kier alpha value is -1.19. The summed E-state index contributed by atoms with van der Waals surface area (Å²) >= 11 is 1.75. The minimum Gasteiger partial charge on any atom is -0.313 e. The summed E-state index contributed by atoms with van der Waals surface area (Å²) < 4.78 is 13.1. The van der Waals surface area contributed by atoms with Crippen LogP contribution in [0.15, 0.2) is 35.7 Å². The molecule has 0 spiro atoms. The molecule has 0 aliphatic carbocycles. The van der Waals surface area contributed by atoms with Crippen LogP contribution >= 0.6 is 11.3 Å². The summed E-state index contributed by atoms with van der Waals surface area (Å²) in [4.78, 5) is 1.32. The van der Waals surface area contributed by atoms with Gasteiger partial charge in [-0.2, -0.15) is 0 Å². The molecule has 0 fully saturated rings. The Balaban J connectivity index is 2.19. The minimum absolute atomic E-state index is 0.167. The zero-order chi connectivity index (χ0) is 12.3. The Morgan fingerprint density at radius 3 is 2.76 bits per heavy atom. The largest absolute Gasteiger partial charge is 0.313 e. The number of halogens is 1. The summed E-state index contributed by atoms with van der Waals surface area (Å²) in [7, 11) is 1.95. The maximum atomic E-state index is 13.1. The predicted octanol–water partition coefficient (Wildman–Crippen LogP) is 3.70. The van der Waals surface area contributed by atoms with Gasteiger partial charge in [0.05, 0.1) is 0 Å². The molecule has 1 aromatic carbocycles. The molecule has 2 aromatic rings. The van der Waals surface area contributed by atoms with E-state index >= 15 is 0 Å². The number of likely N-dealkylation sites (N-methyl/N-ethyl adjacent to an activating group) is 1. The number of thiophene rings is 1. The van der Waals surface area contributed by atoms with Crippen LogP contribution in [0.4, 0.5) is 4.39 Å².